The number of nitrogens with one attached hydrogen (secondary N) is 1. The van der Waals surface area contributed by atoms with Gasteiger partial charge in [0.05, 0.1) is 0 Å². The number of carbonyl (C=O) groups excluding carboxylic acids is 1. The molecule has 8 heteroatoms. The highest BCUT2D eigenvalue weighted by Gasteiger charge is 2.30. The molecule has 23 heavy (non-hydrogen) atoms. The maximum Gasteiger partial charge on any atom is 0.321 e. The maximum atomic E-state index is 12.4. The number of thiophene rings is 1. The minimum Gasteiger partial charge on any atom is -0.322 e. The standard InChI is InChI=1S/C15H17N3O3S2/c19-15(16-13-5-2-1-3-6-13)17-8-10-18(11-9-17)23(20,21)14-7-4-12-22-14/h1-7,12H,8-11H2,(H,16,19). The fourth-order valence-electron chi connectivity index (χ4n) is 2.39. The second-order valence-electron chi connectivity index (χ2n) is 5.12. The van der Waals surface area contributed by atoms with Gasteiger partial charge in [-0.2, -0.15) is 4.31 Å². The molecule has 1 fully saturated rings. The number of carbonyl (C=O) groups is 1. The first-order chi connectivity index (χ1) is 11.1. The van der Waals surface area contributed by atoms with Crippen LogP contribution < -0.4 is 5.32 Å². The van der Waals surface area contributed by atoms with E-state index < -0.39 is 10.0 Å². The van der Waals surface area contributed by atoms with Crippen LogP contribution in [0.2, 0.25) is 0 Å². The number of hydrogen-bond acceptors (Lipinski definition) is 4. The average Bonchev–Trinajstić information content (AvgIpc) is 3.11. The zero-order valence-corrected chi connectivity index (χ0v) is 14.0. The van der Waals surface area contributed by atoms with E-state index in [1.807, 2.05) is 30.3 Å². The van der Waals surface area contributed by atoms with E-state index in [0.29, 0.717) is 30.4 Å². The summed E-state index contributed by atoms with van der Waals surface area (Å²) in [6, 6.07) is 12.3. The van der Waals surface area contributed by atoms with Crippen LogP contribution in [0.5, 0.6) is 0 Å². The van der Waals surface area contributed by atoms with Gasteiger partial charge in [0, 0.05) is 31.9 Å². The molecule has 0 atom stereocenters. The van der Waals surface area contributed by atoms with Crippen LogP contribution in [-0.2, 0) is 10.0 Å². The molecule has 0 saturated carbocycles. The van der Waals surface area contributed by atoms with Crippen molar-refractivity contribution in [1.82, 2.24) is 9.21 Å². The van der Waals surface area contributed by atoms with Crippen LogP contribution in [0.4, 0.5) is 10.5 Å². The van der Waals surface area contributed by atoms with Gasteiger partial charge in [-0.3, -0.25) is 0 Å². The highest BCUT2D eigenvalue weighted by molar-refractivity contribution is 7.91. The molecule has 1 aliphatic heterocycles. The van der Waals surface area contributed by atoms with Gasteiger partial charge < -0.3 is 10.2 Å². The van der Waals surface area contributed by atoms with Gasteiger partial charge in [-0.05, 0) is 23.6 Å². The van der Waals surface area contributed by atoms with E-state index in [1.165, 1.54) is 15.6 Å². The van der Waals surface area contributed by atoms with Crippen molar-refractivity contribution < 1.29 is 13.2 Å². The molecule has 2 amide bonds. The van der Waals surface area contributed by atoms with Crippen LogP contribution in [-0.4, -0.2) is 49.8 Å². The van der Waals surface area contributed by atoms with E-state index in [4.69, 9.17) is 0 Å². The number of hydrogen-bond donors (Lipinski definition) is 1. The number of benzene rings is 1. The van der Waals surface area contributed by atoms with Crippen LogP contribution >= 0.6 is 11.3 Å². The zero-order valence-electron chi connectivity index (χ0n) is 12.4. The van der Waals surface area contributed by atoms with Crippen molar-refractivity contribution in [3.63, 3.8) is 0 Å². The fourth-order valence-corrected chi connectivity index (χ4v) is 4.96. The van der Waals surface area contributed by atoms with Crippen molar-refractivity contribution in [2.45, 2.75) is 4.21 Å². The number of urea groups is 1. The second kappa shape index (κ2) is 6.69. The molecule has 1 N–H and O–H groups in total. The maximum absolute atomic E-state index is 12.4. The molecule has 3 rings (SSSR count). The summed E-state index contributed by atoms with van der Waals surface area (Å²) in [5, 5.41) is 4.56. The van der Waals surface area contributed by atoms with Gasteiger partial charge in [0.25, 0.3) is 10.0 Å². The van der Waals surface area contributed by atoms with Crippen LogP contribution in [0.25, 0.3) is 0 Å². The van der Waals surface area contributed by atoms with Crippen LogP contribution in [0.1, 0.15) is 0 Å². The van der Waals surface area contributed by atoms with E-state index >= 15 is 0 Å². The van der Waals surface area contributed by atoms with Crippen molar-refractivity contribution in [1.29, 1.82) is 0 Å². The largest absolute Gasteiger partial charge is 0.322 e. The Bertz CT molecular complexity index is 753. The molecule has 2 aromatic rings. The Morgan fingerprint density at radius 2 is 1.70 bits per heavy atom. The first-order valence-electron chi connectivity index (χ1n) is 7.22. The van der Waals surface area contributed by atoms with E-state index in [0.717, 1.165) is 5.69 Å². The van der Waals surface area contributed by atoms with Crippen LogP contribution in [0.3, 0.4) is 0 Å². The van der Waals surface area contributed by atoms with Crippen molar-refractivity contribution in [3.8, 4) is 0 Å². The Balaban J connectivity index is 1.59. The molecule has 0 aliphatic carbocycles. The Kier molecular flexibility index (Phi) is 4.65. The third-order valence-electron chi connectivity index (χ3n) is 3.64. The van der Waals surface area contributed by atoms with Crippen molar-refractivity contribution >= 4 is 33.1 Å². The van der Waals surface area contributed by atoms with Gasteiger partial charge in [0.1, 0.15) is 4.21 Å². The van der Waals surface area contributed by atoms with Crippen molar-refractivity contribution in [3.05, 3.63) is 47.8 Å². The molecular weight excluding hydrogens is 334 g/mol. The molecule has 1 aromatic heterocycles. The van der Waals surface area contributed by atoms with Gasteiger partial charge in [-0.15, -0.1) is 11.3 Å². The zero-order chi connectivity index (χ0) is 16.3. The van der Waals surface area contributed by atoms with Gasteiger partial charge in [-0.25, -0.2) is 13.2 Å². The SMILES string of the molecule is O=C(Nc1ccccc1)N1CCN(S(=O)(=O)c2cccs2)CC1. The summed E-state index contributed by atoms with van der Waals surface area (Å²) in [6.07, 6.45) is 0. The quantitative estimate of drug-likeness (QED) is 0.922. The monoisotopic (exact) mass is 351 g/mol. The molecule has 1 aromatic carbocycles. The number of amides is 2. The third kappa shape index (κ3) is 3.54. The van der Waals surface area contributed by atoms with Crippen LogP contribution in [0, 0.1) is 0 Å². The lowest BCUT2D eigenvalue weighted by Crippen LogP contribution is -2.51. The molecule has 1 aliphatic rings. The lowest BCUT2D eigenvalue weighted by molar-refractivity contribution is 0.184. The summed E-state index contributed by atoms with van der Waals surface area (Å²) < 4.78 is 26.6. The fraction of sp³-hybridized carbons (Fsp3) is 0.267. The van der Waals surface area contributed by atoms with Crippen LogP contribution in [0.15, 0.2) is 52.1 Å². The Morgan fingerprint density at radius 1 is 1.00 bits per heavy atom. The third-order valence-corrected chi connectivity index (χ3v) is 6.91. The van der Waals surface area contributed by atoms with Gasteiger partial charge in [-0.1, -0.05) is 24.3 Å². The van der Waals surface area contributed by atoms with Crippen molar-refractivity contribution in [2.24, 2.45) is 0 Å². The number of anilines is 1. The molecule has 2 heterocycles. The van der Waals surface area contributed by atoms with Crippen molar-refractivity contribution in [2.75, 3.05) is 31.5 Å². The number of sulfonamides is 1. The molecule has 0 spiro atoms. The summed E-state index contributed by atoms with van der Waals surface area (Å²) in [7, 11) is -3.43. The van der Waals surface area contributed by atoms with E-state index in [1.54, 1.807) is 22.4 Å². The molecule has 0 radical (unpaired) electrons. The van der Waals surface area contributed by atoms with Gasteiger partial charge >= 0.3 is 6.03 Å². The predicted molar refractivity (Wildman–Crippen MR) is 90.1 cm³/mol. The molecular formula is C15H17N3O3S2. The highest BCUT2D eigenvalue weighted by Crippen LogP contribution is 2.22. The number of para-hydroxylation sites is 1. The average molecular weight is 351 g/mol. The topological polar surface area (TPSA) is 69.7 Å². The second-order valence-corrected chi connectivity index (χ2v) is 8.23. The minimum atomic E-state index is -3.43. The molecule has 0 unspecified atom stereocenters. The smallest absolute Gasteiger partial charge is 0.321 e. The summed E-state index contributed by atoms with van der Waals surface area (Å²) in [5.74, 6) is 0. The molecule has 6 nitrogen and oxygen atoms in total. The number of rotatable bonds is 3. The summed E-state index contributed by atoms with van der Waals surface area (Å²) in [5.41, 5.74) is 0.728. The lowest BCUT2D eigenvalue weighted by atomic mass is 10.3. The number of nitrogens with zero attached hydrogens (tertiary/aromatic N) is 2. The van der Waals surface area contributed by atoms with E-state index in [-0.39, 0.29) is 6.03 Å². The Morgan fingerprint density at radius 3 is 2.30 bits per heavy atom. The Hall–Kier alpha value is -1.90. The van der Waals surface area contributed by atoms with Gasteiger partial charge in [0.15, 0.2) is 0 Å². The molecule has 0 bridgehead atoms. The normalized spacial score (nSPS) is 16.3. The number of piperazine rings is 1. The predicted octanol–water partition coefficient (Wildman–Crippen LogP) is 2.29. The first-order valence-corrected chi connectivity index (χ1v) is 9.54. The summed E-state index contributed by atoms with van der Waals surface area (Å²) in [4.78, 5) is 13.8. The van der Waals surface area contributed by atoms with E-state index in [2.05, 4.69) is 5.32 Å². The minimum absolute atomic E-state index is 0.204. The molecule has 122 valence electrons. The highest BCUT2D eigenvalue weighted by atomic mass is 32.2. The summed E-state index contributed by atoms with van der Waals surface area (Å²) >= 11 is 1.21. The molecule has 1 saturated heterocycles. The Labute approximate surface area is 139 Å². The summed E-state index contributed by atoms with van der Waals surface area (Å²) in [6.45, 7) is 1.37. The van der Waals surface area contributed by atoms with Gasteiger partial charge in [0.2, 0.25) is 0 Å². The lowest BCUT2D eigenvalue weighted by Gasteiger charge is -2.33. The first kappa shape index (κ1) is 16.0. The van der Waals surface area contributed by atoms with E-state index in [9.17, 15) is 13.2 Å².